The second-order valence-corrected chi connectivity index (χ2v) is 6.37. The van der Waals surface area contributed by atoms with Crippen LogP contribution in [0.1, 0.15) is 52.1 Å². The molecule has 0 spiro atoms. The third-order valence-electron chi connectivity index (χ3n) is 3.99. The molecule has 2 unspecified atom stereocenters. The quantitative estimate of drug-likeness (QED) is 0.749. The van der Waals surface area contributed by atoms with Crippen molar-refractivity contribution in [2.24, 2.45) is 5.92 Å². The minimum Gasteiger partial charge on any atom is -0.308 e. The Labute approximate surface area is 123 Å². The van der Waals surface area contributed by atoms with Crippen molar-refractivity contribution < 1.29 is 0 Å². The van der Waals surface area contributed by atoms with E-state index in [9.17, 15) is 0 Å². The summed E-state index contributed by atoms with van der Waals surface area (Å²) >= 11 is 0. The SMILES string of the molecule is CC(C)CCC(C)NC(C)c1ccc2ccccc2c1. The first kappa shape index (κ1) is 15.1. The van der Waals surface area contributed by atoms with Crippen molar-refractivity contribution in [1.29, 1.82) is 0 Å². The molecule has 0 aliphatic rings. The van der Waals surface area contributed by atoms with Crippen LogP contribution < -0.4 is 5.32 Å². The molecule has 0 fully saturated rings. The molecular formula is C19H27N. The molecule has 2 aromatic carbocycles. The smallest absolute Gasteiger partial charge is 0.0294 e. The molecule has 2 atom stereocenters. The van der Waals surface area contributed by atoms with Gasteiger partial charge in [-0.25, -0.2) is 0 Å². The Hall–Kier alpha value is -1.34. The van der Waals surface area contributed by atoms with E-state index >= 15 is 0 Å². The van der Waals surface area contributed by atoms with E-state index < -0.39 is 0 Å². The second-order valence-electron chi connectivity index (χ2n) is 6.37. The van der Waals surface area contributed by atoms with Gasteiger partial charge >= 0.3 is 0 Å². The van der Waals surface area contributed by atoms with Crippen molar-refractivity contribution in [3.63, 3.8) is 0 Å². The van der Waals surface area contributed by atoms with E-state index in [0.717, 1.165) is 5.92 Å². The number of rotatable bonds is 6. The topological polar surface area (TPSA) is 12.0 Å². The lowest BCUT2D eigenvalue weighted by Gasteiger charge is -2.21. The lowest BCUT2D eigenvalue weighted by Crippen LogP contribution is -2.29. The first-order valence-corrected chi connectivity index (χ1v) is 7.81. The Bertz CT molecular complexity index is 544. The summed E-state index contributed by atoms with van der Waals surface area (Å²) in [4.78, 5) is 0. The van der Waals surface area contributed by atoms with Crippen LogP contribution in [-0.4, -0.2) is 6.04 Å². The van der Waals surface area contributed by atoms with Gasteiger partial charge in [-0.05, 0) is 55.0 Å². The summed E-state index contributed by atoms with van der Waals surface area (Å²) in [5, 5.41) is 6.36. The molecule has 0 aliphatic carbocycles. The van der Waals surface area contributed by atoms with Crippen LogP contribution in [0, 0.1) is 5.92 Å². The molecule has 0 radical (unpaired) electrons. The molecule has 1 heteroatoms. The maximum absolute atomic E-state index is 3.72. The number of fused-ring (bicyclic) bond motifs is 1. The minimum atomic E-state index is 0.404. The van der Waals surface area contributed by atoms with Crippen molar-refractivity contribution in [2.75, 3.05) is 0 Å². The summed E-state index contributed by atoms with van der Waals surface area (Å²) < 4.78 is 0. The van der Waals surface area contributed by atoms with Crippen LogP contribution in [0.2, 0.25) is 0 Å². The standard InChI is InChI=1S/C19H27N/c1-14(2)9-10-15(3)20-16(4)18-12-11-17-7-5-6-8-19(17)13-18/h5-8,11-16,20H,9-10H2,1-4H3. The molecule has 1 N–H and O–H groups in total. The maximum Gasteiger partial charge on any atom is 0.0294 e. The Morgan fingerprint density at radius 2 is 1.55 bits per heavy atom. The van der Waals surface area contributed by atoms with Gasteiger partial charge < -0.3 is 5.32 Å². The van der Waals surface area contributed by atoms with E-state index in [-0.39, 0.29) is 0 Å². The lowest BCUT2D eigenvalue weighted by molar-refractivity contribution is 0.417. The van der Waals surface area contributed by atoms with E-state index in [2.05, 4.69) is 75.5 Å². The lowest BCUT2D eigenvalue weighted by atomic mass is 10.0. The fraction of sp³-hybridized carbons (Fsp3) is 0.474. The summed E-state index contributed by atoms with van der Waals surface area (Å²) in [5.74, 6) is 0.787. The van der Waals surface area contributed by atoms with E-state index in [1.165, 1.54) is 29.2 Å². The molecule has 0 saturated carbocycles. The number of nitrogens with one attached hydrogen (secondary N) is 1. The fourth-order valence-corrected chi connectivity index (χ4v) is 2.67. The van der Waals surface area contributed by atoms with Crippen LogP contribution in [0.3, 0.4) is 0 Å². The Morgan fingerprint density at radius 1 is 0.850 bits per heavy atom. The van der Waals surface area contributed by atoms with Crippen molar-refractivity contribution >= 4 is 10.8 Å². The van der Waals surface area contributed by atoms with Gasteiger partial charge in [0, 0.05) is 12.1 Å². The van der Waals surface area contributed by atoms with Gasteiger partial charge in [0.15, 0.2) is 0 Å². The zero-order valence-corrected chi connectivity index (χ0v) is 13.2. The zero-order chi connectivity index (χ0) is 14.5. The van der Waals surface area contributed by atoms with Crippen molar-refractivity contribution in [3.8, 4) is 0 Å². The molecular weight excluding hydrogens is 242 g/mol. The van der Waals surface area contributed by atoms with Crippen LogP contribution in [0.4, 0.5) is 0 Å². The molecule has 0 heterocycles. The number of benzene rings is 2. The average molecular weight is 269 g/mol. The highest BCUT2D eigenvalue weighted by Crippen LogP contribution is 2.21. The van der Waals surface area contributed by atoms with Gasteiger partial charge in [-0.2, -0.15) is 0 Å². The molecule has 0 saturated heterocycles. The molecule has 2 aromatic rings. The summed E-state index contributed by atoms with van der Waals surface area (Å²) in [6, 6.07) is 16.3. The van der Waals surface area contributed by atoms with Crippen molar-refractivity contribution in [1.82, 2.24) is 5.32 Å². The summed E-state index contributed by atoms with van der Waals surface area (Å²) in [5.41, 5.74) is 1.38. The molecule has 20 heavy (non-hydrogen) atoms. The van der Waals surface area contributed by atoms with E-state index in [1.54, 1.807) is 0 Å². The van der Waals surface area contributed by atoms with Crippen molar-refractivity contribution in [2.45, 2.75) is 52.6 Å². The predicted octanol–water partition coefficient (Wildman–Crippen LogP) is 5.32. The minimum absolute atomic E-state index is 0.404. The van der Waals surface area contributed by atoms with E-state index in [4.69, 9.17) is 0 Å². The summed E-state index contributed by atoms with van der Waals surface area (Å²) in [6.45, 7) is 9.13. The number of hydrogen-bond acceptors (Lipinski definition) is 1. The van der Waals surface area contributed by atoms with Gasteiger partial charge in [0.25, 0.3) is 0 Å². The van der Waals surface area contributed by atoms with Gasteiger partial charge in [-0.15, -0.1) is 0 Å². The van der Waals surface area contributed by atoms with E-state index in [1.807, 2.05) is 0 Å². The second kappa shape index (κ2) is 6.90. The van der Waals surface area contributed by atoms with Gasteiger partial charge in [-0.3, -0.25) is 0 Å². The third kappa shape index (κ3) is 4.08. The van der Waals surface area contributed by atoms with Crippen molar-refractivity contribution in [3.05, 3.63) is 48.0 Å². The van der Waals surface area contributed by atoms with Crippen LogP contribution in [0.25, 0.3) is 10.8 Å². The normalized spacial score (nSPS) is 14.7. The third-order valence-corrected chi connectivity index (χ3v) is 3.99. The van der Waals surface area contributed by atoms with Crippen LogP contribution >= 0.6 is 0 Å². The fourth-order valence-electron chi connectivity index (χ4n) is 2.67. The van der Waals surface area contributed by atoms with E-state index in [0.29, 0.717) is 12.1 Å². The highest BCUT2D eigenvalue weighted by atomic mass is 14.9. The Balaban J connectivity index is 2.01. The molecule has 0 aromatic heterocycles. The maximum atomic E-state index is 3.72. The zero-order valence-electron chi connectivity index (χ0n) is 13.2. The van der Waals surface area contributed by atoms with Gasteiger partial charge in [0.2, 0.25) is 0 Å². The first-order valence-electron chi connectivity index (χ1n) is 7.81. The molecule has 0 bridgehead atoms. The average Bonchev–Trinajstić information content (AvgIpc) is 2.44. The molecule has 108 valence electrons. The van der Waals surface area contributed by atoms with Gasteiger partial charge in [0.05, 0.1) is 0 Å². The Morgan fingerprint density at radius 3 is 2.25 bits per heavy atom. The van der Waals surface area contributed by atoms with Crippen LogP contribution in [0.15, 0.2) is 42.5 Å². The number of hydrogen-bond donors (Lipinski definition) is 1. The van der Waals surface area contributed by atoms with Crippen LogP contribution in [0.5, 0.6) is 0 Å². The van der Waals surface area contributed by atoms with Gasteiger partial charge in [0.1, 0.15) is 0 Å². The van der Waals surface area contributed by atoms with Gasteiger partial charge in [-0.1, -0.05) is 50.2 Å². The molecule has 0 amide bonds. The molecule has 2 rings (SSSR count). The first-order chi connectivity index (χ1) is 9.56. The van der Waals surface area contributed by atoms with Crippen LogP contribution in [-0.2, 0) is 0 Å². The summed E-state index contributed by atoms with van der Waals surface area (Å²) in [7, 11) is 0. The molecule has 0 aliphatic heterocycles. The monoisotopic (exact) mass is 269 g/mol. The largest absolute Gasteiger partial charge is 0.308 e. The molecule has 1 nitrogen and oxygen atoms in total. The highest BCUT2D eigenvalue weighted by Gasteiger charge is 2.10. The Kier molecular flexibility index (Phi) is 5.19. The predicted molar refractivity (Wildman–Crippen MR) is 89.0 cm³/mol. The summed E-state index contributed by atoms with van der Waals surface area (Å²) in [6.07, 6.45) is 2.54. The highest BCUT2D eigenvalue weighted by molar-refractivity contribution is 5.83.